The highest BCUT2D eigenvalue weighted by atomic mass is 35.5. The molecule has 5 nitrogen and oxygen atoms in total. The van der Waals surface area contributed by atoms with Gasteiger partial charge in [0.05, 0.1) is 5.56 Å². The van der Waals surface area contributed by atoms with E-state index in [0.717, 1.165) is 0 Å². The second-order valence-corrected chi connectivity index (χ2v) is 5.95. The molecule has 0 radical (unpaired) electrons. The standard InChI is InChI=1S/C15H16ClN3O2/c1-15(2,3)14-18-11(16)8-12(19-14)21-10-7-5-4-6-9(10)13(17)20/h4-8H,1-3H3,(H2,17,20). The third kappa shape index (κ3) is 3.70. The fourth-order valence-corrected chi connectivity index (χ4v) is 1.83. The average molecular weight is 306 g/mol. The predicted molar refractivity (Wildman–Crippen MR) is 80.8 cm³/mol. The zero-order valence-electron chi connectivity index (χ0n) is 12.1. The van der Waals surface area contributed by atoms with E-state index in [1.54, 1.807) is 24.3 Å². The minimum Gasteiger partial charge on any atom is -0.438 e. The topological polar surface area (TPSA) is 78.1 Å². The molecular formula is C15H16ClN3O2. The lowest BCUT2D eigenvalue weighted by Crippen LogP contribution is -2.16. The zero-order chi connectivity index (χ0) is 15.6. The zero-order valence-corrected chi connectivity index (χ0v) is 12.8. The molecule has 0 saturated carbocycles. The molecule has 110 valence electrons. The number of carbonyl (C=O) groups excluding carboxylic acids is 1. The van der Waals surface area contributed by atoms with Crippen LogP contribution in [0, 0.1) is 0 Å². The van der Waals surface area contributed by atoms with Crippen molar-refractivity contribution in [2.45, 2.75) is 26.2 Å². The third-order valence-corrected chi connectivity index (χ3v) is 2.90. The number of benzene rings is 1. The maximum Gasteiger partial charge on any atom is 0.252 e. The summed E-state index contributed by atoms with van der Waals surface area (Å²) in [6.07, 6.45) is 0. The van der Waals surface area contributed by atoms with Crippen molar-refractivity contribution in [1.29, 1.82) is 0 Å². The van der Waals surface area contributed by atoms with Crippen LogP contribution in [-0.2, 0) is 5.41 Å². The Balaban J connectivity index is 2.41. The minimum atomic E-state index is -0.568. The first-order valence-electron chi connectivity index (χ1n) is 6.39. The van der Waals surface area contributed by atoms with Gasteiger partial charge < -0.3 is 10.5 Å². The van der Waals surface area contributed by atoms with Gasteiger partial charge in [-0.2, -0.15) is 4.98 Å². The van der Waals surface area contributed by atoms with Crippen LogP contribution in [0.15, 0.2) is 30.3 Å². The Morgan fingerprint density at radius 1 is 1.24 bits per heavy atom. The van der Waals surface area contributed by atoms with Gasteiger partial charge in [0.2, 0.25) is 5.88 Å². The largest absolute Gasteiger partial charge is 0.438 e. The van der Waals surface area contributed by atoms with Crippen molar-refractivity contribution < 1.29 is 9.53 Å². The number of halogens is 1. The Morgan fingerprint density at radius 2 is 1.90 bits per heavy atom. The molecule has 0 bridgehead atoms. The Kier molecular flexibility index (Phi) is 4.14. The van der Waals surface area contributed by atoms with Crippen LogP contribution < -0.4 is 10.5 Å². The van der Waals surface area contributed by atoms with Gasteiger partial charge in [-0.1, -0.05) is 44.5 Å². The summed E-state index contributed by atoms with van der Waals surface area (Å²) in [5, 5.41) is 0.279. The number of hydrogen-bond acceptors (Lipinski definition) is 4. The van der Waals surface area contributed by atoms with Crippen LogP contribution in [-0.4, -0.2) is 15.9 Å². The number of hydrogen-bond donors (Lipinski definition) is 1. The Hall–Kier alpha value is -2.14. The molecule has 0 atom stereocenters. The highest BCUT2D eigenvalue weighted by Gasteiger charge is 2.20. The SMILES string of the molecule is CC(C)(C)c1nc(Cl)cc(Oc2ccccc2C(N)=O)n1. The van der Waals surface area contributed by atoms with Crippen molar-refractivity contribution in [3.05, 3.63) is 46.9 Å². The van der Waals surface area contributed by atoms with E-state index in [2.05, 4.69) is 9.97 Å². The van der Waals surface area contributed by atoms with Gasteiger partial charge in [-0.05, 0) is 12.1 Å². The van der Waals surface area contributed by atoms with Gasteiger partial charge in [-0.15, -0.1) is 0 Å². The van der Waals surface area contributed by atoms with Crippen LogP contribution in [0.5, 0.6) is 11.6 Å². The maximum atomic E-state index is 11.4. The molecule has 21 heavy (non-hydrogen) atoms. The first-order valence-corrected chi connectivity index (χ1v) is 6.77. The molecule has 1 heterocycles. The van der Waals surface area contributed by atoms with E-state index < -0.39 is 5.91 Å². The van der Waals surface area contributed by atoms with Gasteiger partial charge in [0.1, 0.15) is 16.7 Å². The highest BCUT2D eigenvalue weighted by molar-refractivity contribution is 6.29. The van der Waals surface area contributed by atoms with Gasteiger partial charge in [-0.3, -0.25) is 4.79 Å². The summed E-state index contributed by atoms with van der Waals surface area (Å²) >= 11 is 6.00. The van der Waals surface area contributed by atoms with Crippen molar-refractivity contribution in [1.82, 2.24) is 9.97 Å². The van der Waals surface area contributed by atoms with Crippen LogP contribution in [0.4, 0.5) is 0 Å². The molecule has 0 unspecified atom stereocenters. The molecule has 2 rings (SSSR count). The third-order valence-electron chi connectivity index (χ3n) is 2.71. The number of carbonyl (C=O) groups is 1. The predicted octanol–water partition coefficient (Wildman–Crippen LogP) is 3.32. The van der Waals surface area contributed by atoms with E-state index in [1.165, 1.54) is 6.07 Å². The second kappa shape index (κ2) is 5.69. The highest BCUT2D eigenvalue weighted by Crippen LogP contribution is 2.28. The van der Waals surface area contributed by atoms with E-state index in [0.29, 0.717) is 11.6 Å². The quantitative estimate of drug-likeness (QED) is 0.882. The van der Waals surface area contributed by atoms with Gasteiger partial charge in [0, 0.05) is 11.5 Å². The number of rotatable bonds is 3. The number of nitrogens with two attached hydrogens (primary N) is 1. The number of nitrogens with zero attached hydrogens (tertiary/aromatic N) is 2. The van der Waals surface area contributed by atoms with Crippen LogP contribution >= 0.6 is 11.6 Å². The lowest BCUT2D eigenvalue weighted by Gasteiger charge is -2.17. The van der Waals surface area contributed by atoms with Crippen molar-refractivity contribution in [3.63, 3.8) is 0 Å². The van der Waals surface area contributed by atoms with Crippen LogP contribution in [0.1, 0.15) is 37.0 Å². The fraction of sp³-hybridized carbons (Fsp3) is 0.267. The summed E-state index contributed by atoms with van der Waals surface area (Å²) in [6, 6.07) is 8.18. The first-order chi connectivity index (χ1) is 9.77. The molecule has 0 aliphatic rings. The van der Waals surface area contributed by atoms with E-state index in [-0.39, 0.29) is 22.0 Å². The maximum absolute atomic E-state index is 11.4. The molecule has 0 fully saturated rings. The van der Waals surface area contributed by atoms with E-state index >= 15 is 0 Å². The molecule has 0 saturated heterocycles. The lowest BCUT2D eigenvalue weighted by molar-refractivity contribution is 0.0998. The summed E-state index contributed by atoms with van der Waals surface area (Å²) in [5.74, 6) is 0.594. The first kappa shape index (κ1) is 15.3. The summed E-state index contributed by atoms with van der Waals surface area (Å²) < 4.78 is 5.65. The summed E-state index contributed by atoms with van der Waals surface area (Å²) in [6.45, 7) is 5.92. The van der Waals surface area contributed by atoms with Crippen molar-refractivity contribution in [3.8, 4) is 11.6 Å². The Labute approximate surface area is 128 Å². The molecule has 0 spiro atoms. The van der Waals surface area contributed by atoms with E-state index in [1.807, 2.05) is 20.8 Å². The molecule has 1 aromatic carbocycles. The molecule has 2 N–H and O–H groups in total. The van der Waals surface area contributed by atoms with Crippen molar-refractivity contribution in [2.75, 3.05) is 0 Å². The minimum absolute atomic E-state index is 0.272. The molecule has 0 aliphatic heterocycles. The number of primary amides is 1. The van der Waals surface area contributed by atoms with Gasteiger partial charge in [0.25, 0.3) is 5.91 Å². The van der Waals surface area contributed by atoms with Gasteiger partial charge in [-0.25, -0.2) is 4.98 Å². The smallest absolute Gasteiger partial charge is 0.252 e. The summed E-state index contributed by atoms with van der Waals surface area (Å²) in [5.41, 5.74) is 5.33. The Morgan fingerprint density at radius 3 is 2.52 bits per heavy atom. The van der Waals surface area contributed by atoms with Crippen molar-refractivity contribution in [2.24, 2.45) is 5.73 Å². The lowest BCUT2D eigenvalue weighted by atomic mass is 9.96. The van der Waals surface area contributed by atoms with Gasteiger partial charge in [0.15, 0.2) is 0 Å². The number of ether oxygens (including phenoxy) is 1. The van der Waals surface area contributed by atoms with Crippen LogP contribution in [0.25, 0.3) is 0 Å². The van der Waals surface area contributed by atoms with E-state index in [9.17, 15) is 4.79 Å². The monoisotopic (exact) mass is 305 g/mol. The number of aromatic nitrogens is 2. The fourth-order valence-electron chi connectivity index (χ4n) is 1.66. The number of para-hydroxylation sites is 1. The van der Waals surface area contributed by atoms with Crippen LogP contribution in [0.2, 0.25) is 5.15 Å². The normalized spacial score (nSPS) is 11.2. The average Bonchev–Trinajstić information content (AvgIpc) is 2.37. The van der Waals surface area contributed by atoms with Crippen molar-refractivity contribution >= 4 is 17.5 Å². The molecule has 0 aliphatic carbocycles. The van der Waals surface area contributed by atoms with E-state index in [4.69, 9.17) is 22.1 Å². The Bertz CT molecular complexity index is 681. The van der Waals surface area contributed by atoms with Gasteiger partial charge >= 0.3 is 0 Å². The summed E-state index contributed by atoms with van der Waals surface area (Å²) in [4.78, 5) is 19.9. The molecule has 2 aromatic rings. The number of amides is 1. The molecule has 6 heteroatoms. The molecule has 1 amide bonds. The summed E-state index contributed by atoms with van der Waals surface area (Å²) in [7, 11) is 0. The second-order valence-electron chi connectivity index (χ2n) is 5.56. The molecular weight excluding hydrogens is 290 g/mol. The van der Waals surface area contributed by atoms with Crippen LogP contribution in [0.3, 0.4) is 0 Å². The molecule has 1 aromatic heterocycles.